The molecule has 1 saturated heterocycles. The van der Waals surface area contributed by atoms with Crippen molar-refractivity contribution in [3.63, 3.8) is 0 Å². The third-order valence-electron chi connectivity index (χ3n) is 3.84. The number of thiocarbonyl (C=S) groups is 1. The van der Waals surface area contributed by atoms with Crippen LogP contribution in [0, 0.1) is 0 Å². The lowest BCUT2D eigenvalue weighted by Gasteiger charge is -2.36. The van der Waals surface area contributed by atoms with Gasteiger partial charge in [0.25, 0.3) is 0 Å². The highest BCUT2D eigenvalue weighted by Crippen LogP contribution is 2.28. The van der Waals surface area contributed by atoms with Gasteiger partial charge in [0.1, 0.15) is 11.6 Å². The van der Waals surface area contributed by atoms with Gasteiger partial charge in [0.15, 0.2) is 5.11 Å². The average molecular weight is 364 g/mol. The molecule has 0 spiro atoms. The summed E-state index contributed by atoms with van der Waals surface area (Å²) in [6.07, 6.45) is 5.17. The fourth-order valence-corrected chi connectivity index (χ4v) is 3.03. The molecular formula is C16H18ClN5OS. The van der Waals surface area contributed by atoms with Crippen LogP contribution in [0.4, 0.5) is 11.5 Å². The van der Waals surface area contributed by atoms with E-state index in [2.05, 4.69) is 25.1 Å². The Balaban J connectivity index is 1.61. The minimum atomic E-state index is 0.633. The molecule has 1 aliphatic rings. The lowest BCUT2D eigenvalue weighted by atomic mass is 10.3. The van der Waals surface area contributed by atoms with Crippen LogP contribution in [-0.4, -0.2) is 53.3 Å². The van der Waals surface area contributed by atoms with Crippen molar-refractivity contribution in [2.45, 2.75) is 0 Å². The largest absolute Gasteiger partial charge is 0.495 e. The Morgan fingerprint density at radius 3 is 2.71 bits per heavy atom. The molecule has 0 aliphatic carbocycles. The Bertz CT molecular complexity index is 707. The van der Waals surface area contributed by atoms with Crippen molar-refractivity contribution in [2.24, 2.45) is 0 Å². The summed E-state index contributed by atoms with van der Waals surface area (Å²) in [6.45, 7) is 3.30. The lowest BCUT2D eigenvalue weighted by Crippen LogP contribution is -2.50. The van der Waals surface area contributed by atoms with Gasteiger partial charge in [-0.3, -0.25) is 4.98 Å². The van der Waals surface area contributed by atoms with E-state index in [0.29, 0.717) is 15.9 Å². The number of benzene rings is 1. The van der Waals surface area contributed by atoms with Crippen LogP contribution in [0.5, 0.6) is 5.75 Å². The van der Waals surface area contributed by atoms with Gasteiger partial charge in [0, 0.05) is 43.6 Å². The van der Waals surface area contributed by atoms with Crippen LogP contribution in [0.1, 0.15) is 0 Å². The Morgan fingerprint density at radius 1 is 1.25 bits per heavy atom. The summed E-state index contributed by atoms with van der Waals surface area (Å²) >= 11 is 11.6. The van der Waals surface area contributed by atoms with Gasteiger partial charge < -0.3 is 19.9 Å². The molecule has 0 unspecified atom stereocenters. The number of anilines is 2. The van der Waals surface area contributed by atoms with Crippen molar-refractivity contribution in [3.8, 4) is 5.75 Å². The van der Waals surface area contributed by atoms with E-state index in [9.17, 15) is 0 Å². The highest BCUT2D eigenvalue weighted by Gasteiger charge is 2.20. The molecule has 126 valence electrons. The normalized spacial score (nSPS) is 14.4. The Morgan fingerprint density at radius 2 is 2.04 bits per heavy atom. The topological polar surface area (TPSA) is 53.5 Å². The summed E-state index contributed by atoms with van der Waals surface area (Å²) in [5, 5.41) is 4.52. The van der Waals surface area contributed by atoms with Gasteiger partial charge in [-0.25, -0.2) is 4.98 Å². The Labute approximate surface area is 151 Å². The number of piperazine rings is 1. The lowest BCUT2D eigenvalue weighted by molar-refractivity contribution is 0.388. The zero-order valence-corrected chi connectivity index (χ0v) is 14.8. The molecule has 1 aromatic heterocycles. The van der Waals surface area contributed by atoms with Gasteiger partial charge in [0.2, 0.25) is 0 Å². The van der Waals surface area contributed by atoms with Crippen LogP contribution in [-0.2, 0) is 0 Å². The molecule has 0 bridgehead atoms. The van der Waals surface area contributed by atoms with E-state index in [0.717, 1.165) is 37.7 Å². The highest BCUT2D eigenvalue weighted by atomic mass is 35.5. The predicted molar refractivity (Wildman–Crippen MR) is 100 cm³/mol. The van der Waals surface area contributed by atoms with E-state index in [-0.39, 0.29) is 0 Å². The van der Waals surface area contributed by atoms with Gasteiger partial charge in [-0.15, -0.1) is 0 Å². The Kier molecular flexibility index (Phi) is 5.32. The van der Waals surface area contributed by atoms with E-state index in [1.54, 1.807) is 31.8 Å². The summed E-state index contributed by atoms with van der Waals surface area (Å²) in [6, 6.07) is 5.41. The molecule has 6 nitrogen and oxygen atoms in total. The van der Waals surface area contributed by atoms with Crippen molar-refractivity contribution in [1.82, 2.24) is 14.9 Å². The van der Waals surface area contributed by atoms with Crippen LogP contribution in [0.25, 0.3) is 0 Å². The second-order valence-corrected chi connectivity index (χ2v) is 6.14. The zero-order chi connectivity index (χ0) is 16.9. The highest BCUT2D eigenvalue weighted by molar-refractivity contribution is 7.80. The van der Waals surface area contributed by atoms with Gasteiger partial charge in [-0.05, 0) is 30.4 Å². The summed E-state index contributed by atoms with van der Waals surface area (Å²) in [4.78, 5) is 12.8. The quantitative estimate of drug-likeness (QED) is 0.841. The van der Waals surface area contributed by atoms with Gasteiger partial charge in [-0.2, -0.15) is 0 Å². The minimum absolute atomic E-state index is 0.633. The summed E-state index contributed by atoms with van der Waals surface area (Å²) < 4.78 is 5.34. The molecule has 1 N–H and O–H groups in total. The van der Waals surface area contributed by atoms with E-state index >= 15 is 0 Å². The molecule has 8 heteroatoms. The van der Waals surface area contributed by atoms with Crippen molar-refractivity contribution in [3.05, 3.63) is 41.8 Å². The maximum absolute atomic E-state index is 6.06. The molecule has 0 atom stereocenters. The maximum Gasteiger partial charge on any atom is 0.173 e. The fourth-order valence-electron chi connectivity index (χ4n) is 2.57. The number of ether oxygens (including phenoxy) is 1. The number of hydrogen-bond acceptors (Lipinski definition) is 5. The standard InChI is InChI=1S/C16H18ClN5OS/c1-23-14-3-2-12(17)10-13(14)20-16(24)22-8-6-21(7-9-22)15-11-18-4-5-19-15/h2-5,10-11H,6-9H2,1H3,(H,20,24). The fraction of sp³-hybridized carbons (Fsp3) is 0.312. The molecule has 1 fully saturated rings. The number of nitrogens with zero attached hydrogens (tertiary/aromatic N) is 4. The predicted octanol–water partition coefficient (Wildman–Crippen LogP) is 2.66. The van der Waals surface area contributed by atoms with Gasteiger partial charge in [-0.1, -0.05) is 11.6 Å². The molecule has 0 radical (unpaired) electrons. The number of nitrogens with one attached hydrogen (secondary N) is 1. The number of hydrogen-bond donors (Lipinski definition) is 1. The number of aromatic nitrogens is 2. The monoisotopic (exact) mass is 363 g/mol. The number of rotatable bonds is 3. The van der Waals surface area contributed by atoms with Crippen molar-refractivity contribution < 1.29 is 4.74 Å². The van der Waals surface area contributed by atoms with Crippen LogP contribution in [0.3, 0.4) is 0 Å². The van der Waals surface area contributed by atoms with Crippen LogP contribution < -0.4 is 15.0 Å². The zero-order valence-electron chi connectivity index (χ0n) is 13.3. The average Bonchev–Trinajstić information content (AvgIpc) is 2.63. The van der Waals surface area contributed by atoms with E-state index < -0.39 is 0 Å². The number of halogens is 1. The number of methoxy groups -OCH3 is 1. The smallest absolute Gasteiger partial charge is 0.173 e. The van der Waals surface area contributed by atoms with Crippen molar-refractivity contribution in [1.29, 1.82) is 0 Å². The van der Waals surface area contributed by atoms with Crippen LogP contribution >= 0.6 is 23.8 Å². The van der Waals surface area contributed by atoms with Gasteiger partial charge >= 0.3 is 0 Å². The first-order chi connectivity index (χ1) is 11.7. The van der Waals surface area contributed by atoms with E-state index in [4.69, 9.17) is 28.6 Å². The molecule has 0 saturated carbocycles. The molecule has 24 heavy (non-hydrogen) atoms. The first kappa shape index (κ1) is 16.7. The molecule has 0 amide bonds. The maximum atomic E-state index is 6.06. The van der Waals surface area contributed by atoms with E-state index in [1.165, 1.54) is 0 Å². The second-order valence-electron chi connectivity index (χ2n) is 5.31. The first-order valence-corrected chi connectivity index (χ1v) is 8.36. The van der Waals surface area contributed by atoms with E-state index in [1.807, 2.05) is 12.1 Å². The first-order valence-electron chi connectivity index (χ1n) is 7.58. The van der Waals surface area contributed by atoms with Gasteiger partial charge in [0.05, 0.1) is 19.0 Å². The molecule has 3 rings (SSSR count). The van der Waals surface area contributed by atoms with Crippen molar-refractivity contribution in [2.75, 3.05) is 43.5 Å². The third-order valence-corrected chi connectivity index (χ3v) is 4.44. The summed E-state index contributed by atoms with van der Waals surface area (Å²) in [5.41, 5.74) is 0.770. The third kappa shape index (κ3) is 3.85. The molecule has 2 heterocycles. The summed E-state index contributed by atoms with van der Waals surface area (Å²) in [7, 11) is 1.62. The SMILES string of the molecule is COc1ccc(Cl)cc1NC(=S)N1CCN(c2cnccn2)CC1. The molecule has 1 aliphatic heterocycles. The second kappa shape index (κ2) is 7.63. The molecule has 1 aromatic carbocycles. The van der Waals surface area contributed by atoms with Crippen LogP contribution in [0.2, 0.25) is 5.02 Å². The Hall–Kier alpha value is -2.12. The molecular weight excluding hydrogens is 346 g/mol. The summed E-state index contributed by atoms with van der Waals surface area (Å²) in [5.74, 6) is 1.60. The molecule has 2 aromatic rings. The van der Waals surface area contributed by atoms with Crippen LogP contribution in [0.15, 0.2) is 36.8 Å². The minimum Gasteiger partial charge on any atom is -0.495 e. The van der Waals surface area contributed by atoms with Crippen molar-refractivity contribution >= 4 is 40.4 Å².